The number of carboxylic acid groups (broad SMARTS) is 1. The number of furan rings is 1. The molecule has 0 spiro atoms. The van der Waals surface area contributed by atoms with Gasteiger partial charge < -0.3 is 19.6 Å². The van der Waals surface area contributed by atoms with Crippen molar-refractivity contribution in [1.82, 2.24) is 0 Å². The molecule has 0 saturated carbocycles. The number of anilines is 1. The second-order valence-corrected chi connectivity index (χ2v) is 13.0. The molecule has 0 aliphatic carbocycles. The van der Waals surface area contributed by atoms with Crippen LogP contribution in [0.1, 0.15) is 44.4 Å². The molecule has 1 heterocycles. The van der Waals surface area contributed by atoms with Gasteiger partial charge in [0.05, 0.1) is 23.1 Å². The summed E-state index contributed by atoms with van der Waals surface area (Å²) in [6.45, 7) is 4.86. The monoisotopic (exact) mass is 594 g/mol. The lowest BCUT2D eigenvalue weighted by Crippen LogP contribution is -2.27. The smallest absolute Gasteiger partial charge is 0.307 e. The third-order valence-electron chi connectivity index (χ3n) is 6.37. The van der Waals surface area contributed by atoms with Gasteiger partial charge in [0.25, 0.3) is 10.0 Å². The number of sulfonamides is 1. The van der Waals surface area contributed by atoms with Gasteiger partial charge in [0.15, 0.2) is 0 Å². The van der Waals surface area contributed by atoms with Crippen molar-refractivity contribution < 1.29 is 36.7 Å². The summed E-state index contributed by atoms with van der Waals surface area (Å²) in [6, 6.07) is 17.0. The van der Waals surface area contributed by atoms with E-state index in [1.165, 1.54) is 34.0 Å². The first-order valence-electron chi connectivity index (χ1n) is 13.0. The quantitative estimate of drug-likeness (QED) is 0.210. The number of benzene rings is 3. The molecule has 4 aromatic rings. The maximum Gasteiger partial charge on any atom is 0.307 e. The predicted molar refractivity (Wildman–Crippen MR) is 159 cm³/mol. The van der Waals surface area contributed by atoms with Crippen LogP contribution in [0, 0.1) is 0 Å². The topological polar surface area (TPSA) is 135 Å². The number of halogens is 1. The Kier molecular flexibility index (Phi) is 8.81. The molecule has 0 atom stereocenters. The summed E-state index contributed by atoms with van der Waals surface area (Å²) in [4.78, 5) is 22.9. The molecule has 0 fully saturated rings. The molecule has 1 aromatic heterocycles. The van der Waals surface area contributed by atoms with Crippen molar-refractivity contribution in [3.05, 3.63) is 83.6 Å². The Bertz CT molecular complexity index is 1790. The summed E-state index contributed by atoms with van der Waals surface area (Å²) >= 11 is 0. The first-order valence-corrected chi connectivity index (χ1v) is 14.5. The molecule has 0 aliphatic rings. The largest absolute Gasteiger partial charge is 0.489 e. The second kappa shape index (κ2) is 12.2. The summed E-state index contributed by atoms with van der Waals surface area (Å²) in [5, 5.41) is 12.8. The molecule has 220 valence electrons. The number of hydrogen-bond donors (Lipinski definition) is 2. The molecule has 9 nitrogen and oxygen atoms in total. The molecule has 0 bridgehead atoms. The normalized spacial score (nSPS) is 12.4. The summed E-state index contributed by atoms with van der Waals surface area (Å²) in [5.41, 5.74) is 3.62. The van der Waals surface area contributed by atoms with Crippen molar-refractivity contribution >= 4 is 44.3 Å². The highest BCUT2D eigenvalue weighted by atomic mass is 32.2. The van der Waals surface area contributed by atoms with Gasteiger partial charge >= 0.3 is 5.97 Å². The summed E-state index contributed by atoms with van der Waals surface area (Å²) in [5.74, 6) is -0.995. The Morgan fingerprint density at radius 1 is 1.07 bits per heavy atom. The summed E-state index contributed by atoms with van der Waals surface area (Å²) in [7, 11) is -3.97. The second-order valence-electron chi connectivity index (χ2n) is 10.7. The highest BCUT2D eigenvalue weighted by Gasteiger charge is 2.29. The maximum atomic E-state index is 14.0. The van der Waals surface area contributed by atoms with Gasteiger partial charge in [-0.2, -0.15) is 4.40 Å². The first kappa shape index (κ1) is 30.4. The fourth-order valence-electron chi connectivity index (χ4n) is 4.18. The van der Waals surface area contributed by atoms with E-state index in [9.17, 15) is 27.5 Å². The average Bonchev–Trinajstić information content (AvgIpc) is 3.39. The molecular weight excluding hydrogens is 563 g/mol. The Labute approximate surface area is 243 Å². The van der Waals surface area contributed by atoms with Crippen molar-refractivity contribution in [1.29, 1.82) is 0 Å². The van der Waals surface area contributed by atoms with Gasteiger partial charge in [0.1, 0.15) is 24.6 Å². The van der Waals surface area contributed by atoms with Crippen molar-refractivity contribution in [3.63, 3.8) is 0 Å². The van der Waals surface area contributed by atoms with E-state index in [1.54, 1.807) is 48.5 Å². The molecule has 2 N–H and O–H groups in total. The van der Waals surface area contributed by atoms with Crippen LogP contribution in [0.3, 0.4) is 0 Å². The van der Waals surface area contributed by atoms with Crippen molar-refractivity contribution in [2.24, 2.45) is 4.40 Å². The standard InChI is InChI=1S/C31H31FN2O7S/c1-19(35)33-25-9-8-23(15-29(36)37)28(16-25)41-18-20-12-24-10-11-40-30(24)26(13-20)21-6-5-7-22(14-21)27(17-32)34-42(38,39)31(2,3)4/h5-14,16H,15,17-18H2,1-4H3,(H,33,35)(H,36,37). The number of ether oxygens (including phenoxy) is 1. The maximum absolute atomic E-state index is 14.0. The molecule has 0 aliphatic heterocycles. The van der Waals surface area contributed by atoms with Crippen LogP contribution in [0.2, 0.25) is 0 Å². The Balaban J connectivity index is 1.71. The van der Waals surface area contributed by atoms with Crippen LogP contribution in [0.15, 0.2) is 75.7 Å². The van der Waals surface area contributed by atoms with Crippen LogP contribution < -0.4 is 10.1 Å². The van der Waals surface area contributed by atoms with Crippen LogP contribution in [-0.4, -0.2) is 42.5 Å². The molecule has 42 heavy (non-hydrogen) atoms. The number of carbonyl (C=O) groups is 2. The van der Waals surface area contributed by atoms with E-state index in [2.05, 4.69) is 9.71 Å². The van der Waals surface area contributed by atoms with E-state index in [0.29, 0.717) is 39.3 Å². The van der Waals surface area contributed by atoms with Crippen molar-refractivity contribution in [3.8, 4) is 16.9 Å². The first-order chi connectivity index (χ1) is 19.8. The van der Waals surface area contributed by atoms with Crippen molar-refractivity contribution in [2.45, 2.75) is 45.5 Å². The van der Waals surface area contributed by atoms with E-state index in [0.717, 1.165) is 10.9 Å². The van der Waals surface area contributed by atoms with Gasteiger partial charge in [-0.1, -0.05) is 24.3 Å². The minimum atomic E-state index is -3.97. The van der Waals surface area contributed by atoms with Crippen LogP contribution in [0.5, 0.6) is 5.75 Å². The third-order valence-corrected chi connectivity index (χ3v) is 8.38. The van der Waals surface area contributed by atoms with Gasteiger partial charge in [-0.15, -0.1) is 0 Å². The van der Waals surface area contributed by atoms with E-state index < -0.39 is 27.4 Å². The number of hydrogen-bond acceptors (Lipinski definition) is 6. The fourth-order valence-corrected chi connectivity index (χ4v) is 4.90. The van der Waals surface area contributed by atoms with Crippen LogP contribution >= 0.6 is 0 Å². The minimum Gasteiger partial charge on any atom is -0.489 e. The van der Waals surface area contributed by atoms with Crippen LogP contribution in [-0.2, 0) is 32.6 Å². The Morgan fingerprint density at radius 3 is 2.50 bits per heavy atom. The number of amides is 1. The number of rotatable bonds is 10. The molecule has 3 aromatic carbocycles. The molecule has 4 rings (SSSR count). The number of nitrogens with one attached hydrogen (secondary N) is 1. The number of nitrogens with zero attached hydrogens (tertiary/aromatic N) is 1. The zero-order valence-corrected chi connectivity index (χ0v) is 24.4. The molecule has 11 heteroatoms. The van der Waals surface area contributed by atoms with Crippen LogP contribution in [0.25, 0.3) is 22.1 Å². The van der Waals surface area contributed by atoms with Gasteiger partial charge in [-0.3, -0.25) is 9.59 Å². The molecular formula is C31H31FN2O7S. The number of carboxylic acids is 1. The lowest BCUT2D eigenvalue weighted by Gasteiger charge is -2.16. The average molecular weight is 595 g/mol. The van der Waals surface area contributed by atoms with Gasteiger partial charge in [0, 0.05) is 40.8 Å². The Hall–Kier alpha value is -4.51. The molecule has 0 saturated heterocycles. The van der Waals surface area contributed by atoms with Gasteiger partial charge in [-0.05, 0) is 62.2 Å². The van der Waals surface area contributed by atoms with Gasteiger partial charge in [-0.25, -0.2) is 12.8 Å². The SMILES string of the molecule is CC(=O)Nc1ccc(CC(=O)O)c(OCc2cc(-c3cccc(C(CF)=NS(=O)(=O)C(C)(C)C)c3)c3occc3c2)c1. The van der Waals surface area contributed by atoms with Crippen LogP contribution in [0.4, 0.5) is 10.1 Å². The zero-order chi connectivity index (χ0) is 30.7. The highest BCUT2D eigenvalue weighted by Crippen LogP contribution is 2.33. The third kappa shape index (κ3) is 7.03. The molecule has 0 unspecified atom stereocenters. The highest BCUT2D eigenvalue weighted by molar-refractivity contribution is 7.91. The van der Waals surface area contributed by atoms with E-state index >= 15 is 0 Å². The predicted octanol–water partition coefficient (Wildman–Crippen LogP) is 6.15. The van der Waals surface area contributed by atoms with Crippen molar-refractivity contribution in [2.75, 3.05) is 12.0 Å². The van der Waals surface area contributed by atoms with E-state index in [4.69, 9.17) is 9.15 Å². The molecule has 0 radical (unpaired) electrons. The number of fused-ring (bicyclic) bond motifs is 1. The minimum absolute atomic E-state index is 0.0605. The number of alkyl halides is 1. The van der Waals surface area contributed by atoms with E-state index in [-0.39, 0.29) is 24.6 Å². The molecule has 1 amide bonds. The lowest BCUT2D eigenvalue weighted by molar-refractivity contribution is -0.136. The van der Waals surface area contributed by atoms with E-state index in [1.807, 2.05) is 12.1 Å². The van der Waals surface area contributed by atoms with Gasteiger partial charge in [0.2, 0.25) is 5.91 Å². The zero-order valence-electron chi connectivity index (χ0n) is 23.6. The summed E-state index contributed by atoms with van der Waals surface area (Å²) < 4.78 is 53.7. The summed E-state index contributed by atoms with van der Waals surface area (Å²) in [6.07, 6.45) is 1.27. The number of carbonyl (C=O) groups excluding carboxylic acids is 1. The Morgan fingerprint density at radius 2 is 1.83 bits per heavy atom. The number of aliphatic carboxylic acids is 1. The fraction of sp³-hybridized carbons (Fsp3) is 0.258. The lowest BCUT2D eigenvalue weighted by atomic mass is 9.98.